The van der Waals surface area contributed by atoms with Crippen LogP contribution in [0.5, 0.6) is 0 Å². The van der Waals surface area contributed by atoms with Gasteiger partial charge in [-0.25, -0.2) is 31.3 Å². The van der Waals surface area contributed by atoms with Crippen molar-refractivity contribution in [2.24, 2.45) is 0 Å². The van der Waals surface area contributed by atoms with Crippen LogP contribution < -0.4 is 25.2 Å². The Morgan fingerprint density at radius 2 is 1.90 bits per heavy atom. The summed E-state index contributed by atoms with van der Waals surface area (Å²) < 4.78 is 71.7. The number of sulfonamides is 1. The van der Waals surface area contributed by atoms with Gasteiger partial charge in [0.15, 0.2) is 0 Å². The number of carbonyl (C=O) groups excluding carboxylic acids is 3. The van der Waals surface area contributed by atoms with Gasteiger partial charge in [0.2, 0.25) is 21.8 Å². The minimum absolute atomic E-state index is 0.0138. The largest absolute Gasteiger partial charge is 0.351 e. The van der Waals surface area contributed by atoms with E-state index in [-0.39, 0.29) is 47.9 Å². The molecule has 3 aromatic rings. The van der Waals surface area contributed by atoms with Crippen molar-refractivity contribution < 1.29 is 36.0 Å². The molecule has 3 N–H and O–H groups in total. The van der Waals surface area contributed by atoms with Crippen LogP contribution in [0.2, 0.25) is 5.02 Å². The summed E-state index contributed by atoms with van der Waals surface area (Å²) in [4.78, 5) is 47.6. The minimum atomic E-state index is -4.35. The summed E-state index contributed by atoms with van der Waals surface area (Å²) in [5.41, 5.74) is -0.234. The minimum Gasteiger partial charge on any atom is -0.351 e. The van der Waals surface area contributed by atoms with Gasteiger partial charge in [0.25, 0.3) is 11.8 Å². The number of pyridine rings is 1. The number of rotatable bonds is 12. The predicted molar refractivity (Wildman–Crippen MR) is 173 cm³/mol. The molecule has 2 fully saturated rings. The number of amides is 3. The number of halogens is 4. The van der Waals surface area contributed by atoms with Gasteiger partial charge < -0.3 is 10.6 Å². The molecule has 2 heterocycles. The topological polar surface area (TPSA) is 165 Å². The molecule has 17 heteroatoms. The average molecular weight is 718 g/mol. The molecule has 1 saturated heterocycles. The van der Waals surface area contributed by atoms with Gasteiger partial charge in [-0.15, -0.1) is 0 Å². The summed E-state index contributed by atoms with van der Waals surface area (Å²) in [5.74, 6) is -6.56. The van der Waals surface area contributed by atoms with Crippen molar-refractivity contribution in [3.8, 4) is 6.07 Å². The van der Waals surface area contributed by atoms with Crippen molar-refractivity contribution in [3.05, 3.63) is 82.8 Å². The van der Waals surface area contributed by atoms with Crippen LogP contribution in [0.4, 0.5) is 24.7 Å². The van der Waals surface area contributed by atoms with Crippen LogP contribution >= 0.6 is 11.6 Å². The Kier molecular flexibility index (Phi) is 10.6. The summed E-state index contributed by atoms with van der Waals surface area (Å²) in [7, 11) is -2.75. The van der Waals surface area contributed by atoms with Crippen LogP contribution in [-0.2, 0) is 24.4 Å². The van der Waals surface area contributed by atoms with Crippen molar-refractivity contribution in [3.63, 3.8) is 0 Å². The molecule has 0 bridgehead atoms. The summed E-state index contributed by atoms with van der Waals surface area (Å²) in [6.45, 7) is 0.186. The Morgan fingerprint density at radius 3 is 2.57 bits per heavy atom. The zero-order chi connectivity index (χ0) is 35.5. The van der Waals surface area contributed by atoms with E-state index in [9.17, 15) is 36.8 Å². The number of nitriles is 1. The fourth-order valence-corrected chi connectivity index (χ4v) is 7.08. The molecular formula is C32H31ClF3N7O5S. The first kappa shape index (κ1) is 35.7. The second kappa shape index (κ2) is 14.5. The number of nitrogens with zero attached hydrogens (tertiary/aromatic N) is 4. The third kappa shape index (κ3) is 7.86. The Labute approximate surface area is 285 Å². The zero-order valence-electron chi connectivity index (χ0n) is 26.0. The molecule has 5 rings (SSSR count). The molecule has 1 saturated carbocycles. The number of carbonyl (C=O) groups is 3. The van der Waals surface area contributed by atoms with Crippen LogP contribution in [0.3, 0.4) is 0 Å². The van der Waals surface area contributed by atoms with Crippen molar-refractivity contribution in [1.29, 1.82) is 5.26 Å². The van der Waals surface area contributed by atoms with E-state index in [1.807, 2.05) is 6.07 Å². The second-order valence-electron chi connectivity index (χ2n) is 11.6. The van der Waals surface area contributed by atoms with E-state index in [1.54, 1.807) is 13.1 Å². The van der Waals surface area contributed by atoms with Crippen molar-refractivity contribution >= 4 is 50.9 Å². The number of hydrogen-bond acceptors (Lipinski definition) is 8. The standard InChI is InChI=1S/C32H31ClF3N7O5S/c1-38-10-11-40-49(47,48)23-14-20(34)13-22(15-23)42(31(46)26-6-7-28(44)43(26)27-12-19(18-37)8-9-39-27)29(24-4-2-3-5-25(24)33)30(45)41-21-16-32(35,36)17-21/h2-5,8-9,12-15,21,26,29,38,40H,6-7,10-11,16-17H2,1H3,(H,41,45)/t26-,29?/m0/s1. The highest BCUT2D eigenvalue weighted by molar-refractivity contribution is 7.89. The maximum atomic E-state index is 15.4. The molecule has 2 aromatic carbocycles. The number of anilines is 2. The van der Waals surface area contributed by atoms with Gasteiger partial charge >= 0.3 is 0 Å². The molecule has 12 nitrogen and oxygen atoms in total. The Bertz CT molecular complexity index is 1920. The predicted octanol–water partition coefficient (Wildman–Crippen LogP) is 3.43. The third-order valence-electron chi connectivity index (χ3n) is 8.11. The summed E-state index contributed by atoms with van der Waals surface area (Å²) in [6, 6.07) is 9.02. The van der Waals surface area contributed by atoms with Crippen LogP contribution in [0, 0.1) is 17.1 Å². The smallest absolute Gasteiger partial charge is 0.252 e. The maximum Gasteiger partial charge on any atom is 0.252 e. The molecule has 3 amide bonds. The number of aromatic nitrogens is 1. The quantitative estimate of drug-likeness (QED) is 0.240. The zero-order valence-corrected chi connectivity index (χ0v) is 27.6. The molecule has 0 spiro atoms. The van der Waals surface area contributed by atoms with E-state index in [4.69, 9.17) is 11.6 Å². The Morgan fingerprint density at radius 1 is 1.16 bits per heavy atom. The second-order valence-corrected chi connectivity index (χ2v) is 13.8. The number of likely N-dealkylation sites (N-methyl/N-ethyl adjacent to an activating group) is 1. The van der Waals surface area contributed by atoms with Crippen molar-refractivity contribution in [2.75, 3.05) is 29.9 Å². The van der Waals surface area contributed by atoms with Crippen LogP contribution in [0.1, 0.15) is 42.9 Å². The van der Waals surface area contributed by atoms with Crippen molar-refractivity contribution in [2.45, 2.75) is 54.6 Å². The van der Waals surface area contributed by atoms with Crippen molar-refractivity contribution in [1.82, 2.24) is 20.3 Å². The number of alkyl halides is 2. The third-order valence-corrected chi connectivity index (χ3v) is 9.90. The normalized spacial score (nSPS) is 18.0. The first-order chi connectivity index (χ1) is 23.2. The molecule has 49 heavy (non-hydrogen) atoms. The lowest BCUT2D eigenvalue weighted by molar-refractivity contribution is -0.133. The highest BCUT2D eigenvalue weighted by Crippen LogP contribution is 2.40. The molecule has 0 radical (unpaired) electrons. The molecule has 1 aliphatic heterocycles. The number of hydrogen-bond donors (Lipinski definition) is 3. The fraction of sp³-hybridized carbons (Fsp3) is 0.344. The molecular weight excluding hydrogens is 687 g/mol. The summed E-state index contributed by atoms with van der Waals surface area (Å²) in [5, 5.41) is 14.7. The molecule has 2 atom stereocenters. The van der Waals surface area contributed by atoms with E-state index < -0.39 is 81.0 Å². The van der Waals surface area contributed by atoms with Crippen LogP contribution in [0.15, 0.2) is 65.7 Å². The highest BCUT2D eigenvalue weighted by Gasteiger charge is 2.49. The van der Waals surface area contributed by atoms with Gasteiger partial charge in [-0.3, -0.25) is 24.2 Å². The molecule has 1 unspecified atom stereocenters. The summed E-state index contributed by atoms with van der Waals surface area (Å²) >= 11 is 6.55. The van der Waals surface area contributed by atoms with Crippen LogP contribution in [0.25, 0.3) is 0 Å². The molecule has 2 aliphatic rings. The lowest BCUT2D eigenvalue weighted by Gasteiger charge is -2.39. The number of benzene rings is 2. The lowest BCUT2D eigenvalue weighted by atomic mass is 9.87. The van der Waals surface area contributed by atoms with E-state index in [0.29, 0.717) is 0 Å². The lowest BCUT2D eigenvalue weighted by Crippen LogP contribution is -2.56. The van der Waals surface area contributed by atoms with E-state index >= 15 is 4.39 Å². The molecule has 258 valence electrons. The van der Waals surface area contributed by atoms with Gasteiger partial charge in [-0.05, 0) is 49.9 Å². The van der Waals surface area contributed by atoms with E-state index in [1.165, 1.54) is 36.5 Å². The Hall–Kier alpha value is -4.56. The van der Waals surface area contributed by atoms with Gasteiger partial charge in [0.1, 0.15) is 23.7 Å². The maximum absolute atomic E-state index is 15.4. The van der Waals surface area contributed by atoms with E-state index in [0.717, 1.165) is 28.0 Å². The number of nitrogens with one attached hydrogen (secondary N) is 3. The average Bonchev–Trinajstić information content (AvgIpc) is 3.43. The first-order valence-electron chi connectivity index (χ1n) is 15.1. The van der Waals surface area contributed by atoms with E-state index in [2.05, 4.69) is 20.3 Å². The monoisotopic (exact) mass is 717 g/mol. The van der Waals surface area contributed by atoms with Gasteiger partial charge in [0, 0.05) is 60.9 Å². The van der Waals surface area contributed by atoms with Gasteiger partial charge in [0.05, 0.1) is 16.5 Å². The molecule has 1 aromatic heterocycles. The van der Waals surface area contributed by atoms with Crippen LogP contribution in [-0.4, -0.2) is 69.3 Å². The van der Waals surface area contributed by atoms with Gasteiger partial charge in [-0.1, -0.05) is 29.8 Å². The Balaban J connectivity index is 1.68. The highest BCUT2D eigenvalue weighted by atomic mass is 35.5. The molecule has 1 aliphatic carbocycles. The fourth-order valence-electron chi connectivity index (χ4n) is 5.76. The summed E-state index contributed by atoms with van der Waals surface area (Å²) in [6.07, 6.45) is -0.272. The first-order valence-corrected chi connectivity index (χ1v) is 17.0. The SMILES string of the molecule is CNCCNS(=O)(=O)c1cc(F)cc(N(C(=O)[C@@H]2CCC(=O)N2c2cc(C#N)ccn2)C(C(=O)NC2CC(F)(F)C2)c2ccccc2Cl)c1. The van der Waals surface area contributed by atoms with Gasteiger partial charge in [-0.2, -0.15) is 5.26 Å².